The summed E-state index contributed by atoms with van der Waals surface area (Å²) in [5.74, 6) is -0.187. The molecule has 0 spiro atoms. The van der Waals surface area contributed by atoms with E-state index >= 15 is 0 Å². The van der Waals surface area contributed by atoms with Gasteiger partial charge in [-0.1, -0.05) is 12.1 Å². The maximum absolute atomic E-state index is 12.7. The first-order chi connectivity index (χ1) is 14.0. The number of carbonyl (C=O) groups excluding carboxylic acids is 3. The van der Waals surface area contributed by atoms with Crippen molar-refractivity contribution in [3.8, 4) is 5.75 Å². The lowest BCUT2D eigenvalue weighted by molar-refractivity contribution is -0.121. The highest BCUT2D eigenvalue weighted by Gasteiger charge is 2.39. The summed E-state index contributed by atoms with van der Waals surface area (Å²) in [5.41, 5.74) is 1.94. The van der Waals surface area contributed by atoms with Gasteiger partial charge < -0.3 is 14.8 Å². The van der Waals surface area contributed by atoms with Gasteiger partial charge in [0.25, 0.3) is 5.91 Å². The molecule has 3 rings (SSSR count). The first-order valence-electron chi connectivity index (χ1n) is 9.53. The normalized spacial score (nSPS) is 16.2. The molecule has 1 saturated heterocycles. The van der Waals surface area contributed by atoms with E-state index in [1.165, 1.54) is 4.90 Å². The minimum absolute atomic E-state index is 0.112. The van der Waals surface area contributed by atoms with Gasteiger partial charge in [-0.2, -0.15) is 0 Å². The van der Waals surface area contributed by atoms with Gasteiger partial charge >= 0.3 is 5.97 Å². The van der Waals surface area contributed by atoms with Crippen LogP contribution in [0.25, 0.3) is 0 Å². The first kappa shape index (κ1) is 20.5. The Labute approximate surface area is 169 Å². The molecule has 7 heteroatoms. The number of amides is 2. The minimum atomic E-state index is -0.550. The maximum atomic E-state index is 12.7. The van der Waals surface area contributed by atoms with E-state index in [9.17, 15) is 14.4 Å². The van der Waals surface area contributed by atoms with Crippen LogP contribution >= 0.6 is 0 Å². The summed E-state index contributed by atoms with van der Waals surface area (Å²) in [4.78, 5) is 38.0. The van der Waals surface area contributed by atoms with Crippen molar-refractivity contribution in [2.24, 2.45) is 0 Å². The van der Waals surface area contributed by atoms with E-state index in [2.05, 4.69) is 5.32 Å². The molecule has 0 aliphatic carbocycles. The molecular formula is C22H24N2O5. The summed E-state index contributed by atoms with van der Waals surface area (Å²) in [5, 5.41) is 3.17. The molecule has 152 valence electrons. The topological polar surface area (TPSA) is 84.9 Å². The number of imide groups is 1. The van der Waals surface area contributed by atoms with Gasteiger partial charge in [0.05, 0.1) is 37.4 Å². The van der Waals surface area contributed by atoms with Gasteiger partial charge in [-0.3, -0.25) is 9.59 Å². The Morgan fingerprint density at radius 2 is 1.79 bits per heavy atom. The van der Waals surface area contributed by atoms with Crippen LogP contribution in [0.2, 0.25) is 0 Å². The van der Waals surface area contributed by atoms with E-state index in [1.54, 1.807) is 38.3 Å². The lowest BCUT2D eigenvalue weighted by Gasteiger charge is -2.16. The number of hydrogen-bond acceptors (Lipinski definition) is 6. The van der Waals surface area contributed by atoms with E-state index in [1.807, 2.05) is 24.3 Å². The lowest BCUT2D eigenvalue weighted by atomic mass is 10.1. The maximum Gasteiger partial charge on any atom is 0.338 e. The Morgan fingerprint density at radius 1 is 1.10 bits per heavy atom. The van der Waals surface area contributed by atoms with Gasteiger partial charge in [-0.05, 0) is 61.9 Å². The summed E-state index contributed by atoms with van der Waals surface area (Å²) in [7, 11) is 1.62. The first-order valence-corrected chi connectivity index (χ1v) is 9.53. The average molecular weight is 396 g/mol. The number of ether oxygens (including phenoxy) is 2. The SMILES string of the molecule is CCOC(=O)c1ccc(N2C(=O)CC(NCCc3ccc(OC)cc3)C2=O)cc1. The molecule has 1 fully saturated rings. The molecule has 0 aromatic heterocycles. The van der Waals surface area contributed by atoms with Crippen LogP contribution in [0.1, 0.15) is 29.3 Å². The van der Waals surface area contributed by atoms with Crippen LogP contribution in [-0.4, -0.2) is 44.1 Å². The fraction of sp³-hybridized carbons (Fsp3) is 0.318. The summed E-state index contributed by atoms with van der Waals surface area (Å²) < 4.78 is 10.1. The monoisotopic (exact) mass is 396 g/mol. The molecule has 1 atom stereocenters. The number of anilines is 1. The van der Waals surface area contributed by atoms with E-state index in [4.69, 9.17) is 9.47 Å². The molecule has 0 bridgehead atoms. The number of nitrogens with zero attached hydrogens (tertiary/aromatic N) is 1. The standard InChI is InChI=1S/C22H24N2O5/c1-3-29-22(27)16-6-8-17(9-7-16)24-20(25)14-19(21(24)26)23-13-12-15-4-10-18(28-2)11-5-15/h4-11,19,23H,3,12-14H2,1-2H3. The molecule has 29 heavy (non-hydrogen) atoms. The Morgan fingerprint density at radius 3 is 2.41 bits per heavy atom. The van der Waals surface area contributed by atoms with E-state index in [0.717, 1.165) is 17.7 Å². The van der Waals surface area contributed by atoms with Crippen LogP contribution in [0.4, 0.5) is 5.69 Å². The molecule has 2 aromatic rings. The van der Waals surface area contributed by atoms with E-state index in [-0.39, 0.29) is 24.8 Å². The van der Waals surface area contributed by atoms with E-state index < -0.39 is 12.0 Å². The summed E-state index contributed by atoms with van der Waals surface area (Å²) in [6, 6.07) is 13.5. The molecule has 2 aromatic carbocycles. The molecule has 1 aliphatic rings. The third-order valence-electron chi connectivity index (χ3n) is 4.75. The van der Waals surface area contributed by atoms with Crippen molar-refractivity contribution in [1.82, 2.24) is 5.32 Å². The van der Waals surface area contributed by atoms with Gasteiger partial charge in [0.1, 0.15) is 5.75 Å². The number of carbonyl (C=O) groups is 3. The number of hydrogen-bond donors (Lipinski definition) is 1. The molecule has 1 N–H and O–H groups in total. The van der Waals surface area contributed by atoms with Crippen molar-refractivity contribution in [3.63, 3.8) is 0 Å². The number of benzene rings is 2. The van der Waals surface area contributed by atoms with Crippen molar-refractivity contribution in [3.05, 3.63) is 59.7 Å². The Balaban J connectivity index is 1.58. The third kappa shape index (κ3) is 4.81. The average Bonchev–Trinajstić information content (AvgIpc) is 3.02. The van der Waals surface area contributed by atoms with E-state index in [0.29, 0.717) is 17.8 Å². The molecule has 0 saturated carbocycles. The predicted molar refractivity (Wildman–Crippen MR) is 108 cm³/mol. The second kappa shape index (κ2) is 9.34. The Bertz CT molecular complexity index is 877. The smallest absolute Gasteiger partial charge is 0.338 e. The quantitative estimate of drug-likeness (QED) is 0.545. The zero-order valence-electron chi connectivity index (χ0n) is 16.5. The second-order valence-electron chi connectivity index (χ2n) is 6.64. The van der Waals surface area contributed by atoms with Crippen molar-refractivity contribution < 1.29 is 23.9 Å². The number of nitrogens with one attached hydrogen (secondary N) is 1. The third-order valence-corrected chi connectivity index (χ3v) is 4.75. The zero-order valence-corrected chi connectivity index (χ0v) is 16.5. The highest BCUT2D eigenvalue weighted by molar-refractivity contribution is 6.22. The van der Waals surface area contributed by atoms with Crippen molar-refractivity contribution in [1.29, 1.82) is 0 Å². The second-order valence-corrected chi connectivity index (χ2v) is 6.64. The van der Waals surface area contributed by atoms with Gasteiger partial charge in [0.2, 0.25) is 5.91 Å². The molecular weight excluding hydrogens is 372 g/mol. The Hall–Kier alpha value is -3.19. The summed E-state index contributed by atoms with van der Waals surface area (Å²) in [6.45, 7) is 2.59. The van der Waals surface area contributed by atoms with Crippen molar-refractivity contribution in [2.75, 3.05) is 25.2 Å². The molecule has 1 unspecified atom stereocenters. The lowest BCUT2D eigenvalue weighted by Crippen LogP contribution is -2.39. The summed E-state index contributed by atoms with van der Waals surface area (Å²) >= 11 is 0. The van der Waals surface area contributed by atoms with Crippen LogP contribution < -0.4 is 15.0 Å². The van der Waals surface area contributed by atoms with Crippen LogP contribution in [0, 0.1) is 0 Å². The molecule has 2 amide bonds. The Kier molecular flexibility index (Phi) is 6.61. The van der Waals surface area contributed by atoms with Crippen LogP contribution in [0.15, 0.2) is 48.5 Å². The predicted octanol–water partition coefficient (Wildman–Crippen LogP) is 2.34. The van der Waals surface area contributed by atoms with Gasteiger partial charge in [0, 0.05) is 0 Å². The van der Waals surface area contributed by atoms with Crippen LogP contribution in [0.5, 0.6) is 5.75 Å². The zero-order chi connectivity index (χ0) is 20.8. The van der Waals surface area contributed by atoms with Crippen molar-refractivity contribution in [2.45, 2.75) is 25.8 Å². The molecule has 1 heterocycles. The number of esters is 1. The molecule has 7 nitrogen and oxygen atoms in total. The fourth-order valence-electron chi connectivity index (χ4n) is 3.21. The van der Waals surface area contributed by atoms with Crippen LogP contribution in [0.3, 0.4) is 0 Å². The number of methoxy groups -OCH3 is 1. The highest BCUT2D eigenvalue weighted by atomic mass is 16.5. The number of rotatable bonds is 8. The summed E-state index contributed by atoms with van der Waals surface area (Å²) in [6.07, 6.45) is 0.845. The largest absolute Gasteiger partial charge is 0.497 e. The fourth-order valence-corrected chi connectivity index (χ4v) is 3.21. The van der Waals surface area contributed by atoms with Gasteiger partial charge in [-0.15, -0.1) is 0 Å². The van der Waals surface area contributed by atoms with Crippen LogP contribution in [-0.2, 0) is 20.7 Å². The molecule has 1 aliphatic heterocycles. The van der Waals surface area contributed by atoms with Crippen molar-refractivity contribution >= 4 is 23.5 Å². The molecule has 0 radical (unpaired) electrons. The highest BCUT2D eigenvalue weighted by Crippen LogP contribution is 2.23. The van der Waals surface area contributed by atoms with Gasteiger partial charge in [-0.25, -0.2) is 9.69 Å². The van der Waals surface area contributed by atoms with Gasteiger partial charge in [0.15, 0.2) is 0 Å². The minimum Gasteiger partial charge on any atom is -0.497 e.